The third kappa shape index (κ3) is 11.4. The number of hydrogen-bond donors (Lipinski definition) is 1. The second kappa shape index (κ2) is 10.7. The van der Waals surface area contributed by atoms with Crippen LogP contribution in [-0.4, -0.2) is 24.8 Å². The Kier molecular flexibility index (Phi) is 10.6. The molecule has 116 valence electrons. The fourth-order valence-corrected chi connectivity index (χ4v) is 2.16. The Morgan fingerprint density at radius 3 is 2.16 bits per heavy atom. The molecule has 0 aliphatic carbocycles. The van der Waals surface area contributed by atoms with Gasteiger partial charge < -0.3 is 10.1 Å². The molecule has 0 fully saturated rings. The first-order valence-electron chi connectivity index (χ1n) is 8.29. The van der Waals surface area contributed by atoms with Crippen LogP contribution >= 0.6 is 0 Å². The first-order valence-corrected chi connectivity index (χ1v) is 8.29. The lowest BCUT2D eigenvalue weighted by atomic mass is 10.0. The third-order valence-corrected chi connectivity index (χ3v) is 3.58. The Hall–Kier alpha value is -0.0800. The first-order chi connectivity index (χ1) is 8.92. The maximum atomic E-state index is 6.17. The molecule has 0 heterocycles. The summed E-state index contributed by atoms with van der Waals surface area (Å²) in [6.07, 6.45) is 7.92. The lowest BCUT2D eigenvalue weighted by Crippen LogP contribution is -2.42. The minimum Gasteiger partial charge on any atom is -0.377 e. The van der Waals surface area contributed by atoms with Gasteiger partial charge in [0, 0.05) is 18.7 Å². The summed E-state index contributed by atoms with van der Waals surface area (Å²) in [5.41, 5.74) is 0.182. The topological polar surface area (TPSA) is 21.3 Å². The summed E-state index contributed by atoms with van der Waals surface area (Å²) >= 11 is 0. The monoisotopic (exact) mass is 271 g/mol. The van der Waals surface area contributed by atoms with E-state index in [0.29, 0.717) is 6.10 Å². The van der Waals surface area contributed by atoms with Gasteiger partial charge in [-0.05, 0) is 39.5 Å². The molecular formula is C17H37NO. The van der Waals surface area contributed by atoms with Crippen molar-refractivity contribution in [2.24, 2.45) is 5.92 Å². The molecule has 0 amide bonds. The molecule has 0 saturated heterocycles. The summed E-state index contributed by atoms with van der Waals surface area (Å²) in [6.45, 7) is 15.3. The van der Waals surface area contributed by atoms with Gasteiger partial charge in [-0.3, -0.25) is 0 Å². The third-order valence-electron chi connectivity index (χ3n) is 3.58. The number of unbranched alkanes of at least 4 members (excludes halogenated alkanes) is 1. The van der Waals surface area contributed by atoms with Gasteiger partial charge in [0.25, 0.3) is 0 Å². The van der Waals surface area contributed by atoms with Gasteiger partial charge in [0.2, 0.25) is 0 Å². The molecule has 2 heteroatoms. The Balaban J connectivity index is 4.03. The van der Waals surface area contributed by atoms with Gasteiger partial charge in [-0.1, -0.05) is 46.5 Å². The molecule has 0 aromatic heterocycles. The van der Waals surface area contributed by atoms with E-state index in [1.807, 2.05) is 0 Å². The van der Waals surface area contributed by atoms with Crippen molar-refractivity contribution < 1.29 is 4.74 Å². The van der Waals surface area contributed by atoms with Crippen LogP contribution < -0.4 is 5.32 Å². The first kappa shape index (κ1) is 18.9. The lowest BCUT2D eigenvalue weighted by Gasteiger charge is -2.26. The van der Waals surface area contributed by atoms with Crippen molar-refractivity contribution in [3.63, 3.8) is 0 Å². The van der Waals surface area contributed by atoms with E-state index in [9.17, 15) is 0 Å². The zero-order valence-electron chi connectivity index (χ0n) is 14.2. The number of nitrogens with one attached hydrogen (secondary N) is 1. The Morgan fingerprint density at radius 2 is 1.68 bits per heavy atom. The van der Waals surface area contributed by atoms with Crippen molar-refractivity contribution in [1.29, 1.82) is 0 Å². The molecule has 0 aliphatic heterocycles. The maximum absolute atomic E-state index is 6.17. The van der Waals surface area contributed by atoms with Gasteiger partial charge in [0.15, 0.2) is 0 Å². The molecule has 0 spiro atoms. The van der Waals surface area contributed by atoms with E-state index in [1.165, 1.54) is 32.1 Å². The van der Waals surface area contributed by atoms with E-state index in [-0.39, 0.29) is 5.54 Å². The van der Waals surface area contributed by atoms with Crippen molar-refractivity contribution in [3.8, 4) is 0 Å². The molecule has 0 bridgehead atoms. The van der Waals surface area contributed by atoms with E-state index in [1.54, 1.807) is 0 Å². The van der Waals surface area contributed by atoms with Crippen molar-refractivity contribution in [2.45, 2.75) is 91.7 Å². The van der Waals surface area contributed by atoms with Crippen LogP contribution in [0.5, 0.6) is 0 Å². The van der Waals surface area contributed by atoms with E-state index >= 15 is 0 Å². The highest BCUT2D eigenvalue weighted by Crippen LogP contribution is 2.15. The Morgan fingerprint density at radius 1 is 1.00 bits per heavy atom. The van der Waals surface area contributed by atoms with Gasteiger partial charge in [0.1, 0.15) is 0 Å². The lowest BCUT2D eigenvalue weighted by molar-refractivity contribution is 0.0178. The minimum atomic E-state index is 0.182. The minimum absolute atomic E-state index is 0.182. The molecule has 19 heavy (non-hydrogen) atoms. The highest BCUT2D eigenvalue weighted by Gasteiger charge is 2.15. The smallest absolute Gasteiger partial charge is 0.0699 e. The second-order valence-corrected chi connectivity index (χ2v) is 6.79. The normalized spacial score (nSPS) is 15.5. The van der Waals surface area contributed by atoms with Crippen LogP contribution in [0.2, 0.25) is 0 Å². The van der Waals surface area contributed by atoms with Gasteiger partial charge in [-0.25, -0.2) is 0 Å². The standard InChI is InChI=1S/C17H37NO/c1-7-10-12-15(9-3)14-19-16(11-8-2)13-18-17(4,5)6/h15-16,18H,7-14H2,1-6H3. The van der Waals surface area contributed by atoms with Gasteiger partial charge in [-0.2, -0.15) is 0 Å². The zero-order chi connectivity index (χ0) is 14.7. The Labute approximate surface area is 121 Å². The largest absolute Gasteiger partial charge is 0.377 e. The maximum Gasteiger partial charge on any atom is 0.0699 e. The average Bonchev–Trinajstić information content (AvgIpc) is 2.35. The quantitative estimate of drug-likeness (QED) is 0.584. The highest BCUT2D eigenvalue weighted by molar-refractivity contribution is 4.73. The molecule has 0 aromatic rings. The highest BCUT2D eigenvalue weighted by atomic mass is 16.5. The summed E-state index contributed by atoms with van der Waals surface area (Å²) in [7, 11) is 0. The van der Waals surface area contributed by atoms with Gasteiger partial charge in [-0.15, -0.1) is 0 Å². The van der Waals surface area contributed by atoms with Crippen molar-refractivity contribution in [1.82, 2.24) is 5.32 Å². The zero-order valence-corrected chi connectivity index (χ0v) is 14.2. The van der Waals surface area contributed by atoms with Crippen LogP contribution in [-0.2, 0) is 4.74 Å². The van der Waals surface area contributed by atoms with Gasteiger partial charge in [0.05, 0.1) is 6.10 Å². The molecule has 0 rings (SSSR count). The molecule has 0 saturated carbocycles. The summed E-state index contributed by atoms with van der Waals surface area (Å²) in [5.74, 6) is 0.744. The molecule has 2 atom stereocenters. The van der Waals surface area contributed by atoms with Crippen LogP contribution in [0.3, 0.4) is 0 Å². The molecule has 0 aromatic carbocycles. The average molecular weight is 271 g/mol. The number of hydrogen-bond acceptors (Lipinski definition) is 2. The molecule has 1 N–H and O–H groups in total. The fourth-order valence-electron chi connectivity index (χ4n) is 2.16. The summed E-state index contributed by atoms with van der Waals surface area (Å²) < 4.78 is 6.17. The van der Waals surface area contributed by atoms with E-state index in [4.69, 9.17) is 4.74 Å². The molecule has 2 nitrogen and oxygen atoms in total. The number of ether oxygens (including phenoxy) is 1. The molecule has 0 aliphatic rings. The van der Waals surface area contributed by atoms with Crippen LogP contribution in [0.4, 0.5) is 0 Å². The summed E-state index contributed by atoms with van der Waals surface area (Å²) in [6, 6.07) is 0. The van der Waals surface area contributed by atoms with Crippen molar-refractivity contribution >= 4 is 0 Å². The van der Waals surface area contributed by atoms with Crippen molar-refractivity contribution in [3.05, 3.63) is 0 Å². The van der Waals surface area contributed by atoms with E-state index in [2.05, 4.69) is 46.9 Å². The molecular weight excluding hydrogens is 234 g/mol. The second-order valence-electron chi connectivity index (χ2n) is 6.79. The van der Waals surface area contributed by atoms with Crippen LogP contribution in [0, 0.1) is 5.92 Å². The predicted octanol–water partition coefficient (Wildman–Crippen LogP) is 4.78. The molecule has 0 radical (unpaired) electrons. The summed E-state index contributed by atoms with van der Waals surface area (Å²) in [4.78, 5) is 0. The van der Waals surface area contributed by atoms with Crippen LogP contribution in [0.1, 0.15) is 80.1 Å². The summed E-state index contributed by atoms with van der Waals surface area (Å²) in [5, 5.41) is 3.57. The van der Waals surface area contributed by atoms with E-state index < -0.39 is 0 Å². The Bertz CT molecular complexity index is 198. The predicted molar refractivity (Wildman–Crippen MR) is 85.7 cm³/mol. The van der Waals surface area contributed by atoms with Crippen LogP contribution in [0.15, 0.2) is 0 Å². The van der Waals surface area contributed by atoms with Gasteiger partial charge >= 0.3 is 0 Å². The van der Waals surface area contributed by atoms with E-state index in [0.717, 1.165) is 25.5 Å². The molecule has 2 unspecified atom stereocenters. The fraction of sp³-hybridized carbons (Fsp3) is 1.00. The number of rotatable bonds is 11. The SMILES string of the molecule is CCCCC(CC)COC(CCC)CNC(C)(C)C. The van der Waals surface area contributed by atoms with Crippen LogP contribution in [0.25, 0.3) is 0 Å². The van der Waals surface area contributed by atoms with Crippen molar-refractivity contribution in [2.75, 3.05) is 13.2 Å².